The molecule has 3 N–H and O–H groups in total. The number of fused-ring (bicyclic) bond motifs is 2. The number of imidazole rings is 1. The fourth-order valence-corrected chi connectivity index (χ4v) is 5.03. The zero-order chi connectivity index (χ0) is 19.4. The first-order valence-corrected chi connectivity index (χ1v) is 10.3. The summed E-state index contributed by atoms with van der Waals surface area (Å²) in [6.07, 6.45) is 7.96. The number of ether oxygens (including phenoxy) is 1. The fourth-order valence-electron chi connectivity index (χ4n) is 5.03. The third-order valence-corrected chi connectivity index (χ3v) is 6.61. The number of aromatic nitrogens is 2. The lowest BCUT2D eigenvalue weighted by Crippen LogP contribution is -2.46. The molecule has 7 heteroatoms. The molecule has 1 saturated heterocycles. The van der Waals surface area contributed by atoms with Gasteiger partial charge in [-0.15, -0.1) is 0 Å². The van der Waals surface area contributed by atoms with Crippen molar-refractivity contribution in [2.24, 2.45) is 21.6 Å². The molecular formula is C22H24N6O. The summed E-state index contributed by atoms with van der Waals surface area (Å²) < 4.78 is 5.55. The summed E-state index contributed by atoms with van der Waals surface area (Å²) in [6, 6.07) is 7.98. The zero-order valence-corrected chi connectivity index (χ0v) is 16.2. The molecule has 2 aliphatic carbocycles. The van der Waals surface area contributed by atoms with Gasteiger partial charge in [0.05, 0.1) is 36.8 Å². The Bertz CT molecular complexity index is 1060. The Hall–Kier alpha value is -2.77. The van der Waals surface area contributed by atoms with E-state index in [1.54, 1.807) is 0 Å². The van der Waals surface area contributed by atoms with Gasteiger partial charge in [-0.2, -0.15) is 0 Å². The van der Waals surface area contributed by atoms with Gasteiger partial charge in [0, 0.05) is 24.5 Å². The first kappa shape index (κ1) is 17.1. The van der Waals surface area contributed by atoms with Crippen LogP contribution < -0.4 is 5.73 Å². The Morgan fingerprint density at radius 1 is 1.21 bits per heavy atom. The maximum absolute atomic E-state index is 6.22. The minimum Gasteiger partial charge on any atom is -0.382 e. The molecule has 3 heterocycles. The molecule has 6 rings (SSSR count). The number of para-hydroxylation sites is 2. The maximum Gasteiger partial charge on any atom is 0.160 e. The van der Waals surface area contributed by atoms with Crippen molar-refractivity contribution in [3.8, 4) is 0 Å². The predicted octanol–water partition coefficient (Wildman–Crippen LogP) is 1.68. The number of hydrogen-bond acceptors (Lipinski definition) is 6. The van der Waals surface area contributed by atoms with Crippen LogP contribution in [-0.4, -0.2) is 70.8 Å². The van der Waals surface area contributed by atoms with Crippen LogP contribution in [0, 0.1) is 5.92 Å². The number of benzene rings is 1. The normalized spacial score (nSPS) is 31.8. The third kappa shape index (κ3) is 2.68. The quantitative estimate of drug-likeness (QED) is 0.837. The van der Waals surface area contributed by atoms with Gasteiger partial charge in [-0.3, -0.25) is 14.9 Å². The molecular weight excluding hydrogens is 364 g/mol. The Morgan fingerprint density at radius 3 is 2.93 bits per heavy atom. The zero-order valence-electron chi connectivity index (χ0n) is 16.2. The first-order valence-electron chi connectivity index (χ1n) is 10.3. The smallest absolute Gasteiger partial charge is 0.160 e. The van der Waals surface area contributed by atoms with Crippen LogP contribution in [0.3, 0.4) is 0 Å². The molecule has 148 valence electrons. The van der Waals surface area contributed by atoms with Crippen LogP contribution in [0.4, 0.5) is 0 Å². The largest absolute Gasteiger partial charge is 0.382 e. The minimum atomic E-state index is 0.0170. The lowest BCUT2D eigenvalue weighted by molar-refractivity contribution is 0.0173. The predicted molar refractivity (Wildman–Crippen MR) is 113 cm³/mol. The second-order valence-corrected chi connectivity index (χ2v) is 8.20. The third-order valence-electron chi connectivity index (χ3n) is 6.61. The Labute approximate surface area is 169 Å². The van der Waals surface area contributed by atoms with Crippen molar-refractivity contribution in [1.29, 1.82) is 0 Å². The number of allylic oxidation sites excluding steroid dienone is 2. The number of aromatic amines is 1. The molecule has 3 unspecified atom stereocenters. The number of rotatable bonds is 3. The van der Waals surface area contributed by atoms with Gasteiger partial charge < -0.3 is 15.5 Å². The average molecular weight is 388 g/mol. The van der Waals surface area contributed by atoms with Crippen molar-refractivity contribution in [3.05, 3.63) is 53.9 Å². The molecule has 4 aliphatic rings. The Morgan fingerprint density at radius 2 is 2.07 bits per heavy atom. The van der Waals surface area contributed by atoms with E-state index in [0.717, 1.165) is 43.8 Å². The van der Waals surface area contributed by atoms with Gasteiger partial charge in [-0.25, -0.2) is 4.98 Å². The van der Waals surface area contributed by atoms with Crippen molar-refractivity contribution in [2.45, 2.75) is 18.0 Å². The van der Waals surface area contributed by atoms with Gasteiger partial charge in [-0.1, -0.05) is 30.4 Å². The van der Waals surface area contributed by atoms with E-state index < -0.39 is 0 Å². The molecule has 29 heavy (non-hydrogen) atoms. The molecule has 2 aliphatic heterocycles. The molecule has 0 spiro atoms. The summed E-state index contributed by atoms with van der Waals surface area (Å²) in [6.45, 7) is 4.24. The van der Waals surface area contributed by atoms with Crippen molar-refractivity contribution < 1.29 is 4.74 Å². The molecule has 2 aromatic rings. The highest BCUT2D eigenvalue weighted by atomic mass is 16.5. The number of hydrogen-bond donors (Lipinski definition) is 2. The van der Waals surface area contributed by atoms with Gasteiger partial charge >= 0.3 is 0 Å². The van der Waals surface area contributed by atoms with Gasteiger partial charge in [0.2, 0.25) is 0 Å². The molecule has 0 radical (unpaired) electrons. The minimum absolute atomic E-state index is 0.0170. The van der Waals surface area contributed by atoms with Crippen molar-refractivity contribution in [3.63, 3.8) is 0 Å². The summed E-state index contributed by atoms with van der Waals surface area (Å²) in [5.41, 5.74) is 10.3. The molecule has 0 amide bonds. The molecule has 1 aromatic heterocycles. The number of H-pyrrole nitrogens is 1. The summed E-state index contributed by atoms with van der Waals surface area (Å²) in [7, 11) is 0. The van der Waals surface area contributed by atoms with Crippen LogP contribution in [0.5, 0.6) is 0 Å². The molecule has 3 atom stereocenters. The molecule has 0 bridgehead atoms. The lowest BCUT2D eigenvalue weighted by atomic mass is 9.93. The van der Waals surface area contributed by atoms with Crippen LogP contribution >= 0.6 is 0 Å². The van der Waals surface area contributed by atoms with E-state index in [9.17, 15) is 0 Å². The highest BCUT2D eigenvalue weighted by molar-refractivity contribution is 6.46. The van der Waals surface area contributed by atoms with Gasteiger partial charge in [0.15, 0.2) is 5.82 Å². The molecule has 7 nitrogen and oxygen atoms in total. The number of morpholine rings is 1. The average Bonchev–Trinajstić information content (AvgIpc) is 3.38. The number of nitrogens with two attached hydrogens (primary N) is 1. The van der Waals surface area contributed by atoms with Gasteiger partial charge in [0.25, 0.3) is 0 Å². The van der Waals surface area contributed by atoms with Crippen LogP contribution in [0.15, 0.2) is 58.1 Å². The van der Waals surface area contributed by atoms with Crippen LogP contribution in [0.25, 0.3) is 11.0 Å². The highest BCUT2D eigenvalue weighted by Gasteiger charge is 2.59. The monoisotopic (exact) mass is 388 g/mol. The van der Waals surface area contributed by atoms with E-state index in [0.29, 0.717) is 29.8 Å². The topological polar surface area (TPSA) is 91.9 Å². The second-order valence-electron chi connectivity index (χ2n) is 8.20. The summed E-state index contributed by atoms with van der Waals surface area (Å²) in [4.78, 5) is 20.2. The first-order chi connectivity index (χ1) is 14.2. The number of nitrogens with one attached hydrogen (secondary N) is 1. The van der Waals surface area contributed by atoms with Crippen molar-refractivity contribution in [1.82, 2.24) is 14.9 Å². The summed E-state index contributed by atoms with van der Waals surface area (Å²) in [5, 5.41) is 0. The SMILES string of the molecule is NC1=NCC(C2=CC=CC3(N4CCOCC4)CC23)N=C1c1nc2ccccc2[nH]1. The standard InChI is InChI=1S/C22H24N6O/c23-20-19(21-26-16-5-1-2-6-17(16)27-21)25-18(13-24-20)14-4-3-7-22(12-15(14)22)28-8-10-29-11-9-28/h1-7,15,18H,8-13H2,(H2,23,24)(H,26,27). The van der Waals surface area contributed by atoms with Crippen molar-refractivity contribution in [2.75, 3.05) is 32.8 Å². The maximum atomic E-state index is 6.22. The van der Waals surface area contributed by atoms with E-state index in [1.807, 2.05) is 24.3 Å². The number of aliphatic imine (C=N–C) groups is 2. The van der Waals surface area contributed by atoms with E-state index in [4.69, 9.17) is 15.5 Å². The van der Waals surface area contributed by atoms with Gasteiger partial charge in [-0.05, 0) is 24.1 Å². The van der Waals surface area contributed by atoms with E-state index in [2.05, 4.69) is 38.1 Å². The highest BCUT2D eigenvalue weighted by Crippen LogP contribution is 2.56. The summed E-state index contributed by atoms with van der Waals surface area (Å²) >= 11 is 0. The molecule has 1 aromatic carbocycles. The Balaban J connectivity index is 1.31. The second kappa shape index (κ2) is 6.37. The van der Waals surface area contributed by atoms with E-state index in [-0.39, 0.29) is 11.6 Å². The van der Waals surface area contributed by atoms with Crippen LogP contribution in [-0.2, 0) is 4.74 Å². The van der Waals surface area contributed by atoms with E-state index >= 15 is 0 Å². The Kier molecular flexibility index (Phi) is 3.76. The number of nitrogens with zero attached hydrogens (tertiary/aromatic N) is 4. The lowest BCUT2D eigenvalue weighted by Gasteiger charge is -2.36. The van der Waals surface area contributed by atoms with E-state index in [1.165, 1.54) is 5.57 Å². The van der Waals surface area contributed by atoms with Crippen LogP contribution in [0.1, 0.15) is 12.2 Å². The molecule has 1 saturated carbocycles. The number of amidine groups is 1. The fraction of sp³-hybridized carbons (Fsp3) is 0.409. The van der Waals surface area contributed by atoms with Crippen LogP contribution in [0.2, 0.25) is 0 Å². The van der Waals surface area contributed by atoms with Crippen molar-refractivity contribution >= 4 is 22.6 Å². The summed E-state index contributed by atoms with van der Waals surface area (Å²) in [5.74, 6) is 1.66. The van der Waals surface area contributed by atoms with Gasteiger partial charge in [0.1, 0.15) is 11.5 Å². The molecule has 2 fully saturated rings.